The van der Waals surface area contributed by atoms with E-state index in [0.717, 1.165) is 40.7 Å². The van der Waals surface area contributed by atoms with Crippen molar-refractivity contribution >= 4 is 39.3 Å². The van der Waals surface area contributed by atoms with Gasteiger partial charge in [0.2, 0.25) is 5.91 Å². The van der Waals surface area contributed by atoms with Crippen molar-refractivity contribution in [3.05, 3.63) is 48.5 Å². The minimum absolute atomic E-state index is 0.0518. The van der Waals surface area contributed by atoms with Crippen LogP contribution in [0.4, 0.5) is 5.69 Å². The Balaban J connectivity index is 1.90. The first-order chi connectivity index (χ1) is 11.2. The molecule has 0 heterocycles. The number of ether oxygens (including phenoxy) is 1. The van der Waals surface area contributed by atoms with E-state index in [2.05, 4.69) is 40.3 Å². The molecule has 2 aromatic rings. The maximum absolute atomic E-state index is 11.3. The van der Waals surface area contributed by atoms with Gasteiger partial charge in [-0.05, 0) is 55.0 Å². The highest BCUT2D eigenvalue weighted by molar-refractivity contribution is 9.09. The first-order valence-corrected chi connectivity index (χ1v) is 9.51. The number of benzene rings is 2. The Morgan fingerprint density at radius 3 is 2.26 bits per heavy atom. The number of alkyl halides is 1. The molecule has 0 unspecified atom stereocenters. The summed E-state index contributed by atoms with van der Waals surface area (Å²) < 4.78 is 5.66. The van der Waals surface area contributed by atoms with Crippen LogP contribution in [-0.4, -0.2) is 17.8 Å². The van der Waals surface area contributed by atoms with E-state index in [9.17, 15) is 4.79 Å². The molecular formula is C18H20BrNO2S. The number of halogens is 1. The Morgan fingerprint density at radius 2 is 1.70 bits per heavy atom. The lowest BCUT2D eigenvalue weighted by molar-refractivity contribution is -0.113. The normalized spacial score (nSPS) is 10.3. The monoisotopic (exact) mass is 393 g/mol. The van der Waals surface area contributed by atoms with E-state index in [1.54, 1.807) is 11.8 Å². The van der Waals surface area contributed by atoms with Crippen molar-refractivity contribution in [3.63, 3.8) is 0 Å². The van der Waals surface area contributed by atoms with Crippen molar-refractivity contribution in [1.29, 1.82) is 0 Å². The highest BCUT2D eigenvalue weighted by Gasteiger charge is 2.02. The molecule has 1 N–H and O–H groups in total. The number of hydrogen-bond acceptors (Lipinski definition) is 3. The van der Waals surface area contributed by atoms with Gasteiger partial charge in [-0.15, -0.1) is 0 Å². The van der Waals surface area contributed by atoms with Crippen molar-refractivity contribution in [1.82, 2.24) is 0 Å². The van der Waals surface area contributed by atoms with Crippen molar-refractivity contribution in [2.24, 2.45) is 0 Å². The van der Waals surface area contributed by atoms with E-state index < -0.39 is 0 Å². The first kappa shape index (κ1) is 17.9. The second kappa shape index (κ2) is 9.63. The van der Waals surface area contributed by atoms with Gasteiger partial charge in [0.25, 0.3) is 0 Å². The summed E-state index contributed by atoms with van der Waals surface area (Å²) in [7, 11) is 0. The van der Waals surface area contributed by atoms with Gasteiger partial charge >= 0.3 is 0 Å². The van der Waals surface area contributed by atoms with Crippen LogP contribution in [0.2, 0.25) is 0 Å². The van der Waals surface area contributed by atoms with E-state index in [4.69, 9.17) is 4.74 Å². The molecule has 0 aliphatic heterocycles. The summed E-state index contributed by atoms with van der Waals surface area (Å²) in [5.74, 6) is 0.861. The standard InChI is InChI=1S/C18H20BrNO2S/c1-2-3-12-22-15-6-10-17(11-7-15)23-16-8-4-14(5-9-16)20-18(21)13-19/h4-11H,2-3,12-13H2,1H3,(H,20,21). The molecule has 0 saturated carbocycles. The molecule has 2 aromatic carbocycles. The molecule has 23 heavy (non-hydrogen) atoms. The van der Waals surface area contributed by atoms with Crippen molar-refractivity contribution in [3.8, 4) is 5.75 Å². The van der Waals surface area contributed by atoms with Crippen LogP contribution in [0.5, 0.6) is 5.75 Å². The zero-order valence-corrected chi connectivity index (χ0v) is 15.5. The lowest BCUT2D eigenvalue weighted by Crippen LogP contribution is -2.11. The zero-order valence-electron chi connectivity index (χ0n) is 13.0. The maximum atomic E-state index is 11.3. The topological polar surface area (TPSA) is 38.3 Å². The van der Waals surface area contributed by atoms with Gasteiger partial charge < -0.3 is 10.1 Å². The second-order valence-electron chi connectivity index (χ2n) is 4.98. The van der Waals surface area contributed by atoms with Crippen molar-refractivity contribution in [2.75, 3.05) is 17.3 Å². The fourth-order valence-electron chi connectivity index (χ4n) is 1.88. The fraction of sp³-hybridized carbons (Fsp3) is 0.278. The Labute approximate surface area is 149 Å². The largest absolute Gasteiger partial charge is 0.494 e. The third-order valence-corrected chi connectivity index (χ3v) is 4.61. The molecule has 122 valence electrons. The van der Waals surface area contributed by atoms with E-state index in [0.29, 0.717) is 5.33 Å². The van der Waals surface area contributed by atoms with Crippen LogP contribution in [0.1, 0.15) is 19.8 Å². The first-order valence-electron chi connectivity index (χ1n) is 7.58. The van der Waals surface area contributed by atoms with E-state index in [1.165, 1.54) is 0 Å². The van der Waals surface area contributed by atoms with Crippen LogP contribution in [0.3, 0.4) is 0 Å². The van der Waals surface area contributed by atoms with E-state index >= 15 is 0 Å². The molecule has 0 bridgehead atoms. The highest BCUT2D eigenvalue weighted by Crippen LogP contribution is 2.29. The Bertz CT molecular complexity index is 614. The number of nitrogens with one attached hydrogen (secondary N) is 1. The van der Waals surface area contributed by atoms with Gasteiger partial charge in [0.1, 0.15) is 5.75 Å². The van der Waals surface area contributed by atoms with Gasteiger partial charge in [-0.1, -0.05) is 41.0 Å². The summed E-state index contributed by atoms with van der Waals surface area (Å²) in [5, 5.41) is 3.10. The number of amides is 1. The number of anilines is 1. The molecular weight excluding hydrogens is 374 g/mol. The number of rotatable bonds is 8. The lowest BCUT2D eigenvalue weighted by Gasteiger charge is -2.07. The van der Waals surface area contributed by atoms with Crippen LogP contribution < -0.4 is 10.1 Å². The van der Waals surface area contributed by atoms with E-state index in [1.807, 2.05) is 36.4 Å². The molecule has 5 heteroatoms. The smallest absolute Gasteiger partial charge is 0.235 e. The SMILES string of the molecule is CCCCOc1ccc(Sc2ccc(NC(=O)CBr)cc2)cc1. The average molecular weight is 394 g/mol. The quantitative estimate of drug-likeness (QED) is 0.485. The molecule has 0 radical (unpaired) electrons. The number of hydrogen-bond donors (Lipinski definition) is 1. The molecule has 0 aliphatic carbocycles. The molecule has 0 saturated heterocycles. The molecule has 0 aliphatic rings. The summed E-state index contributed by atoms with van der Waals surface area (Å²) in [5.41, 5.74) is 0.804. The van der Waals surface area contributed by atoms with Crippen LogP contribution in [0, 0.1) is 0 Å². The van der Waals surface area contributed by atoms with Gasteiger partial charge in [0.15, 0.2) is 0 Å². The summed E-state index contributed by atoms with van der Waals surface area (Å²) in [6.07, 6.45) is 2.22. The van der Waals surface area contributed by atoms with Gasteiger partial charge in [0.05, 0.1) is 11.9 Å². The van der Waals surface area contributed by atoms with Crippen LogP contribution in [0.25, 0.3) is 0 Å². The van der Waals surface area contributed by atoms with Crippen LogP contribution in [0.15, 0.2) is 58.3 Å². The zero-order chi connectivity index (χ0) is 16.5. The maximum Gasteiger partial charge on any atom is 0.235 e. The van der Waals surface area contributed by atoms with Gasteiger partial charge in [-0.25, -0.2) is 0 Å². The van der Waals surface area contributed by atoms with Crippen LogP contribution in [-0.2, 0) is 4.79 Å². The second-order valence-corrected chi connectivity index (χ2v) is 6.69. The Kier molecular flexibility index (Phi) is 7.49. The van der Waals surface area contributed by atoms with E-state index in [-0.39, 0.29) is 5.91 Å². The molecule has 0 atom stereocenters. The lowest BCUT2D eigenvalue weighted by atomic mass is 10.3. The molecule has 3 nitrogen and oxygen atoms in total. The number of unbranched alkanes of at least 4 members (excludes halogenated alkanes) is 1. The van der Waals surface area contributed by atoms with Crippen molar-refractivity contribution in [2.45, 2.75) is 29.6 Å². The minimum atomic E-state index is -0.0518. The molecule has 0 aromatic heterocycles. The summed E-state index contributed by atoms with van der Waals surface area (Å²) in [4.78, 5) is 13.6. The van der Waals surface area contributed by atoms with Gasteiger partial charge in [0, 0.05) is 15.5 Å². The Hall–Kier alpha value is -1.46. The third kappa shape index (κ3) is 6.28. The average Bonchev–Trinajstić information content (AvgIpc) is 2.58. The molecule has 0 fully saturated rings. The van der Waals surface area contributed by atoms with Crippen LogP contribution >= 0.6 is 27.7 Å². The minimum Gasteiger partial charge on any atom is -0.494 e. The predicted molar refractivity (Wildman–Crippen MR) is 99.8 cm³/mol. The number of carbonyl (C=O) groups excluding carboxylic acids is 1. The molecule has 0 spiro atoms. The highest BCUT2D eigenvalue weighted by atomic mass is 79.9. The summed E-state index contributed by atoms with van der Waals surface area (Å²) >= 11 is 4.81. The number of carbonyl (C=O) groups is 1. The van der Waals surface area contributed by atoms with Gasteiger partial charge in [-0.3, -0.25) is 4.79 Å². The molecule has 2 rings (SSSR count). The summed E-state index contributed by atoms with van der Waals surface area (Å²) in [6.45, 7) is 2.92. The Morgan fingerprint density at radius 1 is 1.09 bits per heavy atom. The fourth-order valence-corrected chi connectivity index (χ4v) is 2.83. The predicted octanol–water partition coefficient (Wildman–Crippen LogP) is 5.35. The van der Waals surface area contributed by atoms with Crippen molar-refractivity contribution < 1.29 is 9.53 Å². The van der Waals surface area contributed by atoms with Gasteiger partial charge in [-0.2, -0.15) is 0 Å². The third-order valence-electron chi connectivity index (χ3n) is 3.09. The summed E-state index contributed by atoms with van der Waals surface area (Å²) in [6, 6.07) is 15.9. The molecule has 1 amide bonds.